The Morgan fingerprint density at radius 1 is 1.35 bits per heavy atom. The number of amides is 2. The number of piperazine rings is 1. The van der Waals surface area contributed by atoms with Gasteiger partial charge in [0, 0.05) is 24.8 Å². The molecule has 2 fully saturated rings. The fraction of sp³-hybridized carbons (Fsp3) is 0.643. The van der Waals surface area contributed by atoms with Gasteiger partial charge >= 0.3 is 0 Å². The molecule has 0 bridgehead atoms. The van der Waals surface area contributed by atoms with E-state index in [1.165, 1.54) is 0 Å². The van der Waals surface area contributed by atoms with Crippen LogP contribution in [0.1, 0.15) is 38.2 Å². The highest BCUT2D eigenvalue weighted by Crippen LogP contribution is 2.38. The Kier molecular flexibility index (Phi) is 3.23. The van der Waals surface area contributed by atoms with E-state index in [2.05, 4.69) is 10.4 Å². The van der Waals surface area contributed by atoms with Gasteiger partial charge in [-0.05, 0) is 19.8 Å². The van der Waals surface area contributed by atoms with E-state index < -0.39 is 5.54 Å². The molecule has 1 aromatic heterocycles. The molecule has 1 spiro atoms. The van der Waals surface area contributed by atoms with E-state index in [0.29, 0.717) is 6.54 Å². The fourth-order valence-electron chi connectivity index (χ4n) is 3.32. The largest absolute Gasteiger partial charge is 0.345 e. The van der Waals surface area contributed by atoms with Gasteiger partial charge in [0.15, 0.2) is 0 Å². The second-order valence-electron chi connectivity index (χ2n) is 5.61. The lowest BCUT2D eigenvalue weighted by atomic mass is 9.91. The minimum absolute atomic E-state index is 0.00995. The van der Waals surface area contributed by atoms with Crippen molar-refractivity contribution in [3.63, 3.8) is 0 Å². The van der Waals surface area contributed by atoms with E-state index in [4.69, 9.17) is 0 Å². The molecular formula is C14H20N4O2. The van der Waals surface area contributed by atoms with Gasteiger partial charge in [0.05, 0.1) is 12.7 Å². The molecule has 1 saturated carbocycles. The summed E-state index contributed by atoms with van der Waals surface area (Å²) in [4.78, 5) is 26.3. The zero-order valence-corrected chi connectivity index (χ0v) is 11.8. The second-order valence-corrected chi connectivity index (χ2v) is 5.61. The number of rotatable bonds is 3. The van der Waals surface area contributed by atoms with Gasteiger partial charge in [-0.2, -0.15) is 5.10 Å². The van der Waals surface area contributed by atoms with E-state index in [1.54, 1.807) is 11.1 Å². The first-order valence-corrected chi connectivity index (χ1v) is 7.26. The Balaban J connectivity index is 1.87. The van der Waals surface area contributed by atoms with Crippen molar-refractivity contribution in [3.8, 4) is 0 Å². The molecule has 0 atom stereocenters. The van der Waals surface area contributed by atoms with Crippen molar-refractivity contribution in [2.24, 2.45) is 0 Å². The molecule has 6 heteroatoms. The first kappa shape index (κ1) is 13.1. The minimum atomic E-state index is -0.621. The van der Waals surface area contributed by atoms with E-state index in [1.807, 2.05) is 17.8 Å². The summed E-state index contributed by atoms with van der Waals surface area (Å²) >= 11 is 0. The summed E-state index contributed by atoms with van der Waals surface area (Å²) in [6, 6.07) is 0. The van der Waals surface area contributed by atoms with Gasteiger partial charge in [0.2, 0.25) is 11.8 Å². The fourth-order valence-corrected chi connectivity index (χ4v) is 3.32. The third-order valence-corrected chi connectivity index (χ3v) is 4.42. The number of nitrogens with zero attached hydrogens (tertiary/aromatic N) is 3. The summed E-state index contributed by atoms with van der Waals surface area (Å²) in [6.07, 6.45) is 7.28. The zero-order chi connectivity index (χ0) is 14.2. The smallest absolute Gasteiger partial charge is 0.246 e. The van der Waals surface area contributed by atoms with Crippen LogP contribution in [0.25, 0.3) is 0 Å². The Morgan fingerprint density at radius 3 is 2.75 bits per heavy atom. The SMILES string of the molecule is CCn1cc(CN2C(=O)CNC(=O)C23CCCC3)cn1. The minimum Gasteiger partial charge on any atom is -0.345 e. The molecule has 2 aliphatic rings. The average molecular weight is 276 g/mol. The monoisotopic (exact) mass is 276 g/mol. The predicted octanol–water partition coefficient (Wildman–Crippen LogP) is 0.674. The molecule has 1 aliphatic carbocycles. The number of aryl methyl sites for hydroxylation is 1. The lowest BCUT2D eigenvalue weighted by Crippen LogP contribution is -2.65. The Bertz CT molecular complexity index is 531. The van der Waals surface area contributed by atoms with Crippen LogP contribution >= 0.6 is 0 Å². The van der Waals surface area contributed by atoms with Crippen molar-refractivity contribution >= 4 is 11.8 Å². The molecule has 3 rings (SSSR count). The van der Waals surface area contributed by atoms with Gasteiger partial charge in [-0.15, -0.1) is 0 Å². The van der Waals surface area contributed by atoms with Crippen LogP contribution in [0.4, 0.5) is 0 Å². The van der Waals surface area contributed by atoms with Gasteiger partial charge < -0.3 is 10.2 Å². The first-order chi connectivity index (χ1) is 9.65. The third kappa shape index (κ3) is 1.99. The Labute approximate surface area is 118 Å². The van der Waals surface area contributed by atoms with Crippen molar-refractivity contribution in [3.05, 3.63) is 18.0 Å². The molecule has 20 heavy (non-hydrogen) atoms. The van der Waals surface area contributed by atoms with Crippen LogP contribution in [0.5, 0.6) is 0 Å². The summed E-state index contributed by atoms with van der Waals surface area (Å²) in [7, 11) is 0. The molecule has 6 nitrogen and oxygen atoms in total. The molecular weight excluding hydrogens is 256 g/mol. The van der Waals surface area contributed by atoms with Crippen LogP contribution in [0.2, 0.25) is 0 Å². The summed E-state index contributed by atoms with van der Waals surface area (Å²) in [5.41, 5.74) is 0.366. The predicted molar refractivity (Wildman–Crippen MR) is 72.7 cm³/mol. The molecule has 0 unspecified atom stereocenters. The molecule has 1 saturated heterocycles. The lowest BCUT2D eigenvalue weighted by Gasteiger charge is -2.43. The second kappa shape index (κ2) is 4.92. The maximum absolute atomic E-state index is 12.3. The van der Waals surface area contributed by atoms with Crippen LogP contribution in [0.3, 0.4) is 0 Å². The van der Waals surface area contributed by atoms with Gasteiger partial charge in [-0.25, -0.2) is 0 Å². The molecule has 1 N–H and O–H groups in total. The van der Waals surface area contributed by atoms with Gasteiger partial charge in [0.25, 0.3) is 0 Å². The quantitative estimate of drug-likeness (QED) is 0.882. The number of hydrogen-bond donors (Lipinski definition) is 1. The normalized spacial score (nSPS) is 21.6. The summed E-state index contributed by atoms with van der Waals surface area (Å²) in [5.74, 6) is 0.0215. The van der Waals surface area contributed by atoms with Crippen molar-refractivity contribution in [1.82, 2.24) is 20.0 Å². The van der Waals surface area contributed by atoms with Crippen LogP contribution in [-0.2, 0) is 22.7 Å². The third-order valence-electron chi connectivity index (χ3n) is 4.42. The van der Waals surface area contributed by atoms with Crippen LogP contribution in [-0.4, -0.2) is 38.6 Å². The number of aromatic nitrogens is 2. The van der Waals surface area contributed by atoms with Crippen LogP contribution in [0.15, 0.2) is 12.4 Å². The highest BCUT2D eigenvalue weighted by atomic mass is 16.2. The zero-order valence-electron chi connectivity index (χ0n) is 11.8. The number of carbonyl (C=O) groups excluding carboxylic acids is 2. The molecule has 1 aromatic rings. The number of hydrogen-bond acceptors (Lipinski definition) is 3. The Hall–Kier alpha value is -1.85. The average Bonchev–Trinajstić information content (AvgIpc) is 3.09. The maximum atomic E-state index is 12.3. The molecule has 2 amide bonds. The van der Waals surface area contributed by atoms with E-state index in [0.717, 1.165) is 37.8 Å². The molecule has 0 aromatic carbocycles. The summed E-state index contributed by atoms with van der Waals surface area (Å²) < 4.78 is 1.84. The van der Waals surface area contributed by atoms with E-state index in [9.17, 15) is 9.59 Å². The van der Waals surface area contributed by atoms with Crippen molar-refractivity contribution in [2.75, 3.05) is 6.54 Å². The summed E-state index contributed by atoms with van der Waals surface area (Å²) in [5, 5.41) is 6.98. The van der Waals surface area contributed by atoms with Gasteiger partial charge in [-0.3, -0.25) is 14.3 Å². The molecule has 0 radical (unpaired) electrons. The highest BCUT2D eigenvalue weighted by Gasteiger charge is 2.50. The van der Waals surface area contributed by atoms with Gasteiger partial charge in [-0.1, -0.05) is 12.8 Å². The van der Waals surface area contributed by atoms with Crippen LogP contribution in [0, 0.1) is 0 Å². The maximum Gasteiger partial charge on any atom is 0.246 e. The lowest BCUT2D eigenvalue weighted by molar-refractivity contribution is -0.154. The first-order valence-electron chi connectivity index (χ1n) is 7.26. The summed E-state index contributed by atoms with van der Waals surface area (Å²) in [6.45, 7) is 3.42. The van der Waals surface area contributed by atoms with E-state index >= 15 is 0 Å². The van der Waals surface area contributed by atoms with Crippen molar-refractivity contribution < 1.29 is 9.59 Å². The number of nitrogens with one attached hydrogen (secondary N) is 1. The van der Waals surface area contributed by atoms with E-state index in [-0.39, 0.29) is 18.4 Å². The molecule has 2 heterocycles. The van der Waals surface area contributed by atoms with Crippen LogP contribution < -0.4 is 5.32 Å². The topological polar surface area (TPSA) is 67.2 Å². The van der Waals surface area contributed by atoms with Gasteiger partial charge in [0.1, 0.15) is 5.54 Å². The molecule has 108 valence electrons. The van der Waals surface area contributed by atoms with Crippen molar-refractivity contribution in [2.45, 2.75) is 51.2 Å². The van der Waals surface area contributed by atoms with Crippen molar-refractivity contribution in [1.29, 1.82) is 0 Å². The standard InChI is InChI=1S/C14H20N4O2/c1-2-17-9-11(7-16-17)10-18-12(19)8-15-13(20)14(18)5-3-4-6-14/h7,9H,2-6,8,10H2,1H3,(H,15,20). The molecule has 1 aliphatic heterocycles. The number of carbonyl (C=O) groups is 2. The highest BCUT2D eigenvalue weighted by molar-refractivity contribution is 5.98. The Morgan fingerprint density at radius 2 is 2.10 bits per heavy atom.